The lowest BCUT2D eigenvalue weighted by atomic mass is 10.1. The molecule has 3 aromatic rings. The summed E-state index contributed by atoms with van der Waals surface area (Å²) >= 11 is 0. The molecule has 0 saturated heterocycles. The van der Waals surface area contributed by atoms with Crippen LogP contribution in [0.15, 0.2) is 60.7 Å². The molecule has 1 radical (unpaired) electrons. The smallest absolute Gasteiger partial charge is 0.255 e. The summed E-state index contributed by atoms with van der Waals surface area (Å²) in [7, 11) is 1.58. The van der Waals surface area contributed by atoms with Crippen LogP contribution in [-0.2, 0) is 6.54 Å². The minimum Gasteiger partial charge on any atom is -0.496 e. The molecule has 109 valence electrons. The molecule has 0 atom stereocenters. The van der Waals surface area contributed by atoms with Crippen LogP contribution in [0.5, 0.6) is 5.75 Å². The van der Waals surface area contributed by atoms with Crippen LogP contribution in [0.25, 0.3) is 10.8 Å². The third-order valence-electron chi connectivity index (χ3n) is 3.55. The molecular weight excluding hydrogens is 274 g/mol. The molecule has 3 heteroatoms. The fraction of sp³-hybridized carbons (Fsp3) is 0.105. The molecule has 0 aromatic heterocycles. The Morgan fingerprint density at radius 2 is 1.77 bits per heavy atom. The summed E-state index contributed by atoms with van der Waals surface area (Å²) in [5, 5.41) is 4.99. The van der Waals surface area contributed by atoms with Gasteiger partial charge in [-0.1, -0.05) is 48.5 Å². The van der Waals surface area contributed by atoms with E-state index in [9.17, 15) is 4.79 Å². The van der Waals surface area contributed by atoms with Gasteiger partial charge in [0.05, 0.1) is 12.7 Å². The second-order valence-electron chi connectivity index (χ2n) is 4.99. The highest BCUT2D eigenvalue weighted by molar-refractivity contribution is 6.01. The number of rotatable bonds is 4. The van der Waals surface area contributed by atoms with Gasteiger partial charge in [-0.25, -0.2) is 0 Å². The molecule has 0 bridgehead atoms. The Morgan fingerprint density at radius 1 is 1.09 bits per heavy atom. The average molecular weight is 290 g/mol. The van der Waals surface area contributed by atoms with E-state index in [0.29, 0.717) is 17.9 Å². The molecule has 0 spiro atoms. The molecule has 3 aromatic carbocycles. The van der Waals surface area contributed by atoms with Crippen LogP contribution in [0, 0.1) is 6.07 Å². The topological polar surface area (TPSA) is 38.3 Å². The van der Waals surface area contributed by atoms with Crippen molar-refractivity contribution in [3.05, 3.63) is 77.9 Å². The van der Waals surface area contributed by atoms with Crippen LogP contribution >= 0.6 is 0 Å². The van der Waals surface area contributed by atoms with Gasteiger partial charge in [0, 0.05) is 6.54 Å². The first kappa shape index (κ1) is 14.1. The zero-order valence-electron chi connectivity index (χ0n) is 12.3. The third-order valence-corrected chi connectivity index (χ3v) is 3.55. The lowest BCUT2D eigenvalue weighted by molar-refractivity contribution is 0.0948. The Hall–Kier alpha value is -2.81. The molecule has 1 N–H and O–H groups in total. The van der Waals surface area contributed by atoms with Gasteiger partial charge < -0.3 is 10.1 Å². The zero-order valence-corrected chi connectivity index (χ0v) is 12.3. The van der Waals surface area contributed by atoms with Gasteiger partial charge in [0.15, 0.2) is 0 Å². The van der Waals surface area contributed by atoms with Gasteiger partial charge in [-0.15, -0.1) is 0 Å². The van der Waals surface area contributed by atoms with Crippen LogP contribution in [0.4, 0.5) is 0 Å². The summed E-state index contributed by atoms with van der Waals surface area (Å²) in [5.74, 6) is 0.438. The predicted molar refractivity (Wildman–Crippen MR) is 86.9 cm³/mol. The number of ether oxygens (including phenoxy) is 1. The molecule has 0 aliphatic carbocycles. The van der Waals surface area contributed by atoms with E-state index in [4.69, 9.17) is 4.74 Å². The third kappa shape index (κ3) is 2.93. The number of hydrogen-bond donors (Lipinski definition) is 1. The van der Waals surface area contributed by atoms with Crippen molar-refractivity contribution < 1.29 is 9.53 Å². The minimum atomic E-state index is -0.143. The standard InChI is InChI=1S/C19H16NO2/c1-22-18-12-16-10-6-5-9-15(16)11-17(18)19(21)20-13-14-7-3-2-4-8-14/h3-12H,13H2,1H3,(H,20,21). The van der Waals surface area contributed by atoms with Crippen LogP contribution in [0.3, 0.4) is 0 Å². The summed E-state index contributed by atoms with van der Waals surface area (Å²) in [6, 6.07) is 22.1. The van der Waals surface area contributed by atoms with E-state index in [1.807, 2.05) is 60.7 Å². The van der Waals surface area contributed by atoms with Crippen molar-refractivity contribution in [3.8, 4) is 5.75 Å². The van der Waals surface area contributed by atoms with Crippen molar-refractivity contribution in [2.75, 3.05) is 7.11 Å². The molecule has 3 nitrogen and oxygen atoms in total. The summed E-state index contributed by atoms with van der Waals surface area (Å²) in [6.07, 6.45) is 0. The summed E-state index contributed by atoms with van der Waals surface area (Å²) < 4.78 is 5.36. The van der Waals surface area contributed by atoms with E-state index in [1.54, 1.807) is 7.11 Å². The van der Waals surface area contributed by atoms with Gasteiger partial charge in [0.2, 0.25) is 0 Å². The van der Waals surface area contributed by atoms with E-state index < -0.39 is 0 Å². The highest BCUT2D eigenvalue weighted by Crippen LogP contribution is 2.25. The van der Waals surface area contributed by atoms with E-state index in [1.165, 1.54) is 0 Å². The number of carbonyl (C=O) groups excluding carboxylic acids is 1. The van der Waals surface area contributed by atoms with E-state index in [-0.39, 0.29) is 5.91 Å². The number of benzene rings is 3. The Kier molecular flexibility index (Phi) is 4.05. The first-order valence-electron chi connectivity index (χ1n) is 7.08. The SMILES string of the molecule is COc1cc2ccccc2cc1C(=O)NCc1cc[c]cc1. The van der Waals surface area contributed by atoms with Crippen molar-refractivity contribution in [2.24, 2.45) is 0 Å². The minimum absolute atomic E-state index is 0.143. The molecule has 0 aliphatic heterocycles. The van der Waals surface area contributed by atoms with Gasteiger partial charge in [0.1, 0.15) is 5.75 Å². The van der Waals surface area contributed by atoms with Gasteiger partial charge in [-0.3, -0.25) is 4.79 Å². The molecule has 1 amide bonds. The molecule has 0 heterocycles. The first-order valence-corrected chi connectivity index (χ1v) is 7.08. The van der Waals surface area contributed by atoms with Gasteiger partial charge >= 0.3 is 0 Å². The molecule has 0 aliphatic rings. The van der Waals surface area contributed by atoms with Crippen molar-refractivity contribution >= 4 is 16.7 Å². The summed E-state index contributed by atoms with van der Waals surface area (Å²) in [5.41, 5.74) is 1.58. The Balaban J connectivity index is 1.86. The molecular formula is C19H16NO2. The largest absolute Gasteiger partial charge is 0.496 e. The predicted octanol–water partition coefficient (Wildman–Crippen LogP) is 3.58. The molecule has 22 heavy (non-hydrogen) atoms. The van der Waals surface area contributed by atoms with E-state index in [2.05, 4.69) is 11.4 Å². The lowest BCUT2D eigenvalue weighted by Gasteiger charge is -2.11. The maximum Gasteiger partial charge on any atom is 0.255 e. The van der Waals surface area contributed by atoms with Gasteiger partial charge in [-0.2, -0.15) is 0 Å². The highest BCUT2D eigenvalue weighted by Gasteiger charge is 2.13. The van der Waals surface area contributed by atoms with E-state index in [0.717, 1.165) is 16.3 Å². The number of hydrogen-bond acceptors (Lipinski definition) is 2. The normalized spacial score (nSPS) is 10.4. The van der Waals surface area contributed by atoms with E-state index >= 15 is 0 Å². The summed E-state index contributed by atoms with van der Waals surface area (Å²) in [4.78, 5) is 12.4. The first-order chi connectivity index (χ1) is 10.8. The molecule has 0 saturated carbocycles. The highest BCUT2D eigenvalue weighted by atomic mass is 16.5. The Labute approximate surface area is 129 Å². The maximum absolute atomic E-state index is 12.4. The Bertz CT molecular complexity index is 797. The second-order valence-corrected chi connectivity index (χ2v) is 4.99. The van der Waals surface area contributed by atoms with Crippen molar-refractivity contribution in [2.45, 2.75) is 6.54 Å². The van der Waals surface area contributed by atoms with Gasteiger partial charge in [0.25, 0.3) is 5.91 Å². The molecule has 0 fully saturated rings. The lowest BCUT2D eigenvalue weighted by Crippen LogP contribution is -2.23. The van der Waals surface area contributed by atoms with Crippen LogP contribution in [0.2, 0.25) is 0 Å². The number of amides is 1. The number of fused-ring (bicyclic) bond motifs is 1. The van der Waals surface area contributed by atoms with Crippen molar-refractivity contribution in [1.29, 1.82) is 0 Å². The van der Waals surface area contributed by atoms with Crippen LogP contribution < -0.4 is 10.1 Å². The fourth-order valence-corrected chi connectivity index (χ4v) is 2.38. The van der Waals surface area contributed by atoms with Crippen molar-refractivity contribution in [3.63, 3.8) is 0 Å². The average Bonchev–Trinajstić information content (AvgIpc) is 2.59. The molecule has 0 unspecified atom stereocenters. The van der Waals surface area contributed by atoms with Crippen LogP contribution in [0.1, 0.15) is 15.9 Å². The van der Waals surface area contributed by atoms with Crippen LogP contribution in [-0.4, -0.2) is 13.0 Å². The number of methoxy groups -OCH3 is 1. The zero-order chi connectivity index (χ0) is 15.4. The summed E-state index contributed by atoms with van der Waals surface area (Å²) in [6.45, 7) is 0.476. The maximum atomic E-state index is 12.4. The Morgan fingerprint density at radius 3 is 2.45 bits per heavy atom. The number of nitrogens with one attached hydrogen (secondary N) is 1. The number of carbonyl (C=O) groups is 1. The monoisotopic (exact) mass is 290 g/mol. The fourth-order valence-electron chi connectivity index (χ4n) is 2.38. The van der Waals surface area contributed by atoms with Crippen molar-refractivity contribution in [1.82, 2.24) is 5.32 Å². The van der Waals surface area contributed by atoms with Gasteiger partial charge in [-0.05, 0) is 34.5 Å². The second kappa shape index (κ2) is 6.31. The quantitative estimate of drug-likeness (QED) is 0.797. The molecule has 3 rings (SSSR count).